The van der Waals surface area contributed by atoms with Gasteiger partial charge in [-0.2, -0.15) is 0 Å². The average molecular weight is 448 g/mol. The van der Waals surface area contributed by atoms with E-state index in [1.54, 1.807) is 0 Å². The number of hydrogen-bond donors (Lipinski definition) is 1. The van der Waals surface area contributed by atoms with E-state index in [2.05, 4.69) is 40.2 Å². The summed E-state index contributed by atoms with van der Waals surface area (Å²) >= 11 is 0. The van der Waals surface area contributed by atoms with Gasteiger partial charge >= 0.3 is 5.97 Å². The van der Waals surface area contributed by atoms with E-state index in [4.69, 9.17) is 5.11 Å². The number of carbonyl (C=O) groups is 1. The SMILES string of the molecule is CCCCCCCC/C=C\CCCCCCCC[N+](C)(C)C.O=C(O)c1ccccc1[O-]. The van der Waals surface area contributed by atoms with Crippen molar-refractivity contribution in [2.24, 2.45) is 0 Å². The molecule has 1 rings (SSSR count). The van der Waals surface area contributed by atoms with Crippen molar-refractivity contribution in [2.75, 3.05) is 27.7 Å². The molecule has 4 nitrogen and oxygen atoms in total. The van der Waals surface area contributed by atoms with Crippen LogP contribution in [0.4, 0.5) is 0 Å². The number of para-hydroxylation sites is 1. The molecule has 32 heavy (non-hydrogen) atoms. The third-order valence-electron chi connectivity index (χ3n) is 5.46. The van der Waals surface area contributed by atoms with Crippen molar-refractivity contribution in [3.8, 4) is 5.75 Å². The van der Waals surface area contributed by atoms with Crippen LogP contribution in [0.5, 0.6) is 5.75 Å². The van der Waals surface area contributed by atoms with Crippen LogP contribution in [0, 0.1) is 0 Å². The summed E-state index contributed by atoms with van der Waals surface area (Å²) in [6, 6.07) is 5.54. The van der Waals surface area contributed by atoms with E-state index in [1.165, 1.54) is 121 Å². The highest BCUT2D eigenvalue weighted by Crippen LogP contribution is 2.11. The van der Waals surface area contributed by atoms with Crippen LogP contribution in [0.3, 0.4) is 0 Å². The molecule has 0 amide bonds. The number of allylic oxidation sites excluding steroid dienone is 2. The molecule has 0 bridgehead atoms. The van der Waals surface area contributed by atoms with Gasteiger partial charge in [0.2, 0.25) is 0 Å². The van der Waals surface area contributed by atoms with Crippen LogP contribution in [0.2, 0.25) is 0 Å². The third kappa shape index (κ3) is 20.1. The second-order valence-corrected chi connectivity index (χ2v) is 9.75. The normalized spacial score (nSPS) is 11.4. The largest absolute Gasteiger partial charge is 0.872 e. The number of hydrogen-bond acceptors (Lipinski definition) is 2. The summed E-state index contributed by atoms with van der Waals surface area (Å²) in [7, 11) is 6.87. The summed E-state index contributed by atoms with van der Waals surface area (Å²) < 4.78 is 1.11. The second kappa shape index (κ2) is 19.8. The van der Waals surface area contributed by atoms with Crippen molar-refractivity contribution in [2.45, 2.75) is 96.8 Å². The predicted molar refractivity (Wildman–Crippen MR) is 135 cm³/mol. The van der Waals surface area contributed by atoms with Gasteiger partial charge in [-0.05, 0) is 44.6 Å². The molecule has 0 saturated heterocycles. The van der Waals surface area contributed by atoms with Gasteiger partial charge in [0, 0.05) is 0 Å². The molecule has 0 spiro atoms. The average Bonchev–Trinajstić information content (AvgIpc) is 2.73. The Morgan fingerprint density at radius 1 is 0.812 bits per heavy atom. The fourth-order valence-corrected chi connectivity index (χ4v) is 3.48. The van der Waals surface area contributed by atoms with E-state index >= 15 is 0 Å². The van der Waals surface area contributed by atoms with Crippen molar-refractivity contribution in [1.29, 1.82) is 0 Å². The zero-order valence-corrected chi connectivity index (χ0v) is 21.3. The van der Waals surface area contributed by atoms with Gasteiger partial charge in [-0.1, -0.05) is 94.4 Å². The fraction of sp³-hybridized carbons (Fsp3) is 0.679. The molecular formula is C28H49NO3. The van der Waals surface area contributed by atoms with Crippen LogP contribution in [0.1, 0.15) is 107 Å². The Morgan fingerprint density at radius 2 is 1.28 bits per heavy atom. The monoisotopic (exact) mass is 447 g/mol. The molecule has 0 unspecified atom stereocenters. The number of carboxylic acids is 1. The van der Waals surface area contributed by atoms with Gasteiger partial charge in [0.05, 0.1) is 33.3 Å². The lowest BCUT2D eigenvalue weighted by molar-refractivity contribution is -0.870. The molecule has 0 aromatic heterocycles. The van der Waals surface area contributed by atoms with Crippen molar-refractivity contribution >= 4 is 5.97 Å². The lowest BCUT2D eigenvalue weighted by atomic mass is 10.1. The maximum absolute atomic E-state index is 10.7. The van der Waals surface area contributed by atoms with E-state index in [9.17, 15) is 9.90 Å². The number of rotatable bonds is 17. The minimum absolute atomic E-state index is 0.178. The second-order valence-electron chi connectivity index (χ2n) is 9.75. The van der Waals surface area contributed by atoms with Crippen molar-refractivity contribution in [3.05, 3.63) is 42.0 Å². The van der Waals surface area contributed by atoms with E-state index in [0.29, 0.717) is 0 Å². The van der Waals surface area contributed by atoms with E-state index in [0.717, 1.165) is 4.48 Å². The Balaban J connectivity index is 0.000000792. The van der Waals surface area contributed by atoms with Crippen LogP contribution in [-0.2, 0) is 0 Å². The number of nitrogens with zero attached hydrogens (tertiary/aromatic N) is 1. The molecule has 1 aromatic carbocycles. The van der Waals surface area contributed by atoms with Crippen LogP contribution in [0.15, 0.2) is 36.4 Å². The van der Waals surface area contributed by atoms with Crippen molar-refractivity contribution in [3.63, 3.8) is 0 Å². The number of unbranched alkanes of at least 4 members (excludes halogenated alkanes) is 12. The molecule has 1 N–H and O–H groups in total. The highest BCUT2D eigenvalue weighted by molar-refractivity contribution is 5.90. The summed E-state index contributed by atoms with van der Waals surface area (Å²) in [6.45, 7) is 3.61. The molecule has 0 aliphatic carbocycles. The molecular weight excluding hydrogens is 398 g/mol. The molecule has 0 aliphatic heterocycles. The molecule has 0 atom stereocenters. The Labute approximate surface area is 197 Å². The highest BCUT2D eigenvalue weighted by Gasteiger charge is 2.04. The van der Waals surface area contributed by atoms with Gasteiger partial charge in [0.1, 0.15) is 0 Å². The first kappa shape index (κ1) is 30.2. The van der Waals surface area contributed by atoms with Gasteiger partial charge in [-0.25, -0.2) is 4.79 Å². The molecule has 0 aliphatic rings. The minimum atomic E-state index is -1.18. The molecule has 184 valence electrons. The summed E-state index contributed by atoms with van der Waals surface area (Å²) in [5.74, 6) is -1.62. The zero-order valence-electron chi connectivity index (χ0n) is 21.3. The Bertz CT molecular complexity index is 605. The highest BCUT2D eigenvalue weighted by atomic mass is 16.4. The van der Waals surface area contributed by atoms with E-state index in [-0.39, 0.29) is 5.56 Å². The first-order chi connectivity index (χ1) is 15.3. The van der Waals surface area contributed by atoms with E-state index < -0.39 is 11.7 Å². The standard InChI is InChI=1S/C21H44N.C7H6O3/c1-5-6-7-8-9-10-11-12-13-14-15-16-17-18-19-20-21-22(2,3)4;8-6-4-2-1-3-5(6)7(9)10/h12-13H,5-11,14-21H2,1-4H3;1-4,8H,(H,9,10)/q+1;/p-1/b13-12-;. The van der Waals surface area contributed by atoms with Crippen molar-refractivity contribution < 1.29 is 19.5 Å². The number of aromatic carboxylic acids is 1. The molecule has 0 fully saturated rings. The third-order valence-corrected chi connectivity index (χ3v) is 5.46. The summed E-state index contributed by atoms with van der Waals surface area (Å²) in [5.41, 5.74) is -0.178. The molecule has 0 radical (unpaired) electrons. The number of quaternary nitrogens is 1. The minimum Gasteiger partial charge on any atom is -0.872 e. The molecule has 1 aromatic rings. The van der Waals surface area contributed by atoms with Crippen LogP contribution < -0.4 is 5.11 Å². The number of carboxylic acid groups (broad SMARTS) is 1. The zero-order chi connectivity index (χ0) is 24.1. The van der Waals surface area contributed by atoms with Gasteiger partial charge in [0.25, 0.3) is 0 Å². The lowest BCUT2D eigenvalue weighted by Gasteiger charge is -2.23. The predicted octanol–water partition coefficient (Wildman–Crippen LogP) is 7.19. The summed E-state index contributed by atoms with van der Waals surface area (Å²) in [5, 5.41) is 19.0. The van der Waals surface area contributed by atoms with Gasteiger partial charge in [-0.15, -0.1) is 0 Å². The first-order valence-electron chi connectivity index (χ1n) is 12.7. The summed E-state index contributed by atoms with van der Waals surface area (Å²) in [4.78, 5) is 10.2. The maximum Gasteiger partial charge on any atom is 0.335 e. The summed E-state index contributed by atoms with van der Waals surface area (Å²) in [6.07, 6.45) is 24.4. The van der Waals surface area contributed by atoms with Gasteiger partial charge in [-0.3, -0.25) is 0 Å². The first-order valence-corrected chi connectivity index (χ1v) is 12.7. The van der Waals surface area contributed by atoms with Crippen LogP contribution in [-0.4, -0.2) is 43.2 Å². The fourth-order valence-electron chi connectivity index (χ4n) is 3.48. The Hall–Kier alpha value is -1.81. The topological polar surface area (TPSA) is 60.4 Å². The molecule has 4 heteroatoms. The maximum atomic E-state index is 10.7. The lowest BCUT2D eigenvalue weighted by Crippen LogP contribution is -2.35. The van der Waals surface area contributed by atoms with Crippen LogP contribution in [0.25, 0.3) is 0 Å². The molecule has 0 heterocycles. The molecule has 0 saturated carbocycles. The quantitative estimate of drug-likeness (QED) is 0.156. The van der Waals surface area contributed by atoms with Gasteiger partial charge < -0.3 is 14.7 Å². The van der Waals surface area contributed by atoms with E-state index in [1.807, 2.05) is 0 Å². The Kier molecular flexibility index (Phi) is 18.7. The van der Waals surface area contributed by atoms with Crippen molar-refractivity contribution in [1.82, 2.24) is 0 Å². The Morgan fingerprint density at radius 3 is 1.72 bits per heavy atom. The van der Waals surface area contributed by atoms with Gasteiger partial charge in [0.15, 0.2) is 0 Å². The van der Waals surface area contributed by atoms with Crippen LogP contribution >= 0.6 is 0 Å². The number of benzene rings is 1. The smallest absolute Gasteiger partial charge is 0.335 e.